The number of anilines is 2. The molecule has 1 saturated heterocycles. The molecule has 1 aromatic heterocycles. The van der Waals surface area contributed by atoms with Crippen molar-refractivity contribution in [3.63, 3.8) is 0 Å². The predicted molar refractivity (Wildman–Crippen MR) is 105 cm³/mol. The van der Waals surface area contributed by atoms with Crippen molar-refractivity contribution in [3.05, 3.63) is 48.3 Å². The van der Waals surface area contributed by atoms with Crippen molar-refractivity contribution >= 4 is 23.2 Å². The smallest absolute Gasteiger partial charge is 0.252 e. The maximum atomic E-state index is 13.4. The molecular formula is C20H25N5O2. The molecule has 2 aliphatic rings. The van der Waals surface area contributed by atoms with Gasteiger partial charge in [-0.3, -0.25) is 24.2 Å². The average Bonchev–Trinajstić information content (AvgIpc) is 3.09. The fraction of sp³-hybridized carbons (Fsp3) is 0.400. The molecule has 27 heavy (non-hydrogen) atoms. The van der Waals surface area contributed by atoms with Gasteiger partial charge in [0.25, 0.3) is 5.91 Å². The van der Waals surface area contributed by atoms with E-state index in [1.165, 1.54) is 0 Å². The normalized spacial score (nSPS) is 19.1. The number of piperazine rings is 1. The van der Waals surface area contributed by atoms with E-state index in [1.807, 2.05) is 73.4 Å². The largest absolute Gasteiger partial charge is 0.331 e. The number of rotatable bonds is 4. The first-order valence-corrected chi connectivity index (χ1v) is 9.25. The van der Waals surface area contributed by atoms with Crippen LogP contribution in [0.2, 0.25) is 0 Å². The van der Waals surface area contributed by atoms with Crippen molar-refractivity contribution in [1.82, 2.24) is 14.5 Å². The molecule has 2 amide bonds. The first-order chi connectivity index (χ1) is 13.0. The van der Waals surface area contributed by atoms with Crippen LogP contribution in [0.4, 0.5) is 11.4 Å². The summed E-state index contributed by atoms with van der Waals surface area (Å²) in [7, 11) is 5.97. The molecule has 0 saturated carbocycles. The maximum absolute atomic E-state index is 13.4. The highest BCUT2D eigenvalue weighted by atomic mass is 16.2. The Labute approximate surface area is 159 Å². The van der Waals surface area contributed by atoms with Gasteiger partial charge in [-0.25, -0.2) is 0 Å². The number of hydrogen-bond donors (Lipinski definition) is 0. The Hall–Kier alpha value is -2.80. The molecule has 1 atom stereocenters. The molecule has 1 fully saturated rings. The molecule has 1 aromatic carbocycles. The lowest BCUT2D eigenvalue weighted by molar-refractivity contribution is -0.142. The molecule has 0 spiro atoms. The summed E-state index contributed by atoms with van der Waals surface area (Å²) in [4.78, 5) is 32.0. The van der Waals surface area contributed by atoms with Gasteiger partial charge in [-0.05, 0) is 51.3 Å². The van der Waals surface area contributed by atoms with Crippen LogP contribution in [0.15, 0.2) is 42.6 Å². The molecule has 7 heteroatoms. The van der Waals surface area contributed by atoms with Gasteiger partial charge in [0.1, 0.15) is 6.54 Å². The fourth-order valence-corrected chi connectivity index (χ4v) is 3.98. The predicted octanol–water partition coefficient (Wildman–Crippen LogP) is 1.57. The molecule has 0 N–H and O–H groups in total. The summed E-state index contributed by atoms with van der Waals surface area (Å²) in [6.45, 7) is 1.60. The van der Waals surface area contributed by atoms with Crippen molar-refractivity contribution in [3.8, 4) is 0 Å². The third-order valence-electron chi connectivity index (χ3n) is 5.28. The van der Waals surface area contributed by atoms with E-state index >= 15 is 0 Å². The molecule has 0 bridgehead atoms. The molecular weight excluding hydrogens is 342 g/mol. The topological polar surface area (TPSA) is 52.0 Å². The van der Waals surface area contributed by atoms with Gasteiger partial charge in [0, 0.05) is 19.8 Å². The fourth-order valence-electron chi connectivity index (χ4n) is 3.98. The summed E-state index contributed by atoms with van der Waals surface area (Å²) in [6.07, 6.45) is 2.77. The number of aromatic nitrogens is 1. The Morgan fingerprint density at radius 2 is 1.81 bits per heavy atom. The lowest BCUT2D eigenvalue weighted by Gasteiger charge is -2.39. The van der Waals surface area contributed by atoms with Crippen LogP contribution in [0.5, 0.6) is 0 Å². The quantitative estimate of drug-likeness (QED) is 0.823. The Morgan fingerprint density at radius 3 is 2.56 bits per heavy atom. The second-order valence-corrected chi connectivity index (χ2v) is 7.37. The minimum atomic E-state index is -0.633. The van der Waals surface area contributed by atoms with Gasteiger partial charge < -0.3 is 9.80 Å². The van der Waals surface area contributed by atoms with Crippen LogP contribution in [-0.4, -0.2) is 67.1 Å². The minimum absolute atomic E-state index is 0.0154. The van der Waals surface area contributed by atoms with Gasteiger partial charge >= 0.3 is 0 Å². The van der Waals surface area contributed by atoms with E-state index in [9.17, 15) is 9.59 Å². The number of fused-ring (bicyclic) bond motifs is 5. The zero-order valence-corrected chi connectivity index (χ0v) is 16.0. The molecule has 0 aliphatic carbocycles. The van der Waals surface area contributed by atoms with Gasteiger partial charge in [0.15, 0.2) is 6.04 Å². The van der Waals surface area contributed by atoms with Crippen molar-refractivity contribution in [2.24, 2.45) is 0 Å². The third kappa shape index (κ3) is 2.88. The van der Waals surface area contributed by atoms with Gasteiger partial charge in [0.2, 0.25) is 5.91 Å². The van der Waals surface area contributed by atoms with Gasteiger partial charge in [0.05, 0.1) is 17.1 Å². The number of hydrogen-bond acceptors (Lipinski definition) is 4. The highest BCUT2D eigenvalue weighted by molar-refractivity contribution is 6.08. The lowest BCUT2D eigenvalue weighted by Crippen LogP contribution is -2.56. The van der Waals surface area contributed by atoms with E-state index in [0.717, 1.165) is 30.0 Å². The molecule has 0 radical (unpaired) electrons. The van der Waals surface area contributed by atoms with Crippen LogP contribution >= 0.6 is 0 Å². The van der Waals surface area contributed by atoms with Crippen LogP contribution in [0.25, 0.3) is 0 Å². The highest BCUT2D eigenvalue weighted by Gasteiger charge is 2.45. The Kier molecular flexibility index (Phi) is 4.39. The zero-order valence-electron chi connectivity index (χ0n) is 16.0. The van der Waals surface area contributed by atoms with Gasteiger partial charge in [-0.2, -0.15) is 0 Å². The Bertz CT molecular complexity index is 875. The van der Waals surface area contributed by atoms with Crippen molar-refractivity contribution in [2.75, 3.05) is 50.7 Å². The summed E-state index contributed by atoms with van der Waals surface area (Å²) < 4.78 is 1.96. The number of nitrogens with zero attached hydrogens (tertiary/aromatic N) is 5. The second-order valence-electron chi connectivity index (χ2n) is 7.37. The third-order valence-corrected chi connectivity index (χ3v) is 5.28. The first kappa shape index (κ1) is 17.6. The Morgan fingerprint density at radius 1 is 1.07 bits per heavy atom. The van der Waals surface area contributed by atoms with E-state index in [-0.39, 0.29) is 18.4 Å². The van der Waals surface area contributed by atoms with E-state index in [2.05, 4.69) is 4.90 Å². The number of carbonyl (C=O) groups is 2. The number of benzene rings is 1. The first-order valence-electron chi connectivity index (χ1n) is 9.25. The van der Waals surface area contributed by atoms with E-state index in [0.29, 0.717) is 6.54 Å². The van der Waals surface area contributed by atoms with Crippen LogP contribution in [0, 0.1) is 0 Å². The summed E-state index contributed by atoms with van der Waals surface area (Å²) in [5.74, 6) is -0.0571. The van der Waals surface area contributed by atoms with Crippen molar-refractivity contribution in [1.29, 1.82) is 0 Å². The summed E-state index contributed by atoms with van der Waals surface area (Å²) >= 11 is 0. The number of carbonyl (C=O) groups excluding carboxylic acids is 2. The molecule has 7 nitrogen and oxygen atoms in total. The number of para-hydroxylation sites is 2. The summed E-state index contributed by atoms with van der Waals surface area (Å²) in [6, 6.07) is 11.0. The van der Waals surface area contributed by atoms with Crippen molar-refractivity contribution in [2.45, 2.75) is 12.5 Å². The van der Waals surface area contributed by atoms with Gasteiger partial charge in [-0.15, -0.1) is 0 Å². The summed E-state index contributed by atoms with van der Waals surface area (Å²) in [5, 5.41) is 1.99. The SMILES string of the molecule is CN(C)CCCN1CC(=O)N2c3ccccc3N(C)n3cccc3C2C1=O. The molecule has 2 aliphatic heterocycles. The molecule has 3 heterocycles. The molecule has 142 valence electrons. The van der Waals surface area contributed by atoms with E-state index in [4.69, 9.17) is 0 Å². The molecule has 1 unspecified atom stereocenters. The molecule has 2 aromatic rings. The standard InChI is InChI=1S/C20H25N5O2/c1-21(2)11-7-12-23-14-18(26)25-16-9-5-4-8-15(16)22(3)24-13-6-10-17(24)19(25)20(23)27/h4-6,8-10,13,19H,7,11-12,14H2,1-3H3. The monoisotopic (exact) mass is 367 g/mol. The maximum Gasteiger partial charge on any atom is 0.252 e. The van der Waals surface area contributed by atoms with E-state index in [1.54, 1.807) is 9.80 Å². The second kappa shape index (κ2) is 6.74. The highest BCUT2D eigenvalue weighted by Crippen LogP contribution is 2.41. The van der Waals surface area contributed by atoms with Crippen LogP contribution in [0.3, 0.4) is 0 Å². The van der Waals surface area contributed by atoms with Gasteiger partial charge in [-0.1, -0.05) is 12.1 Å². The van der Waals surface area contributed by atoms with Crippen LogP contribution in [0.1, 0.15) is 18.2 Å². The minimum Gasteiger partial charge on any atom is -0.331 e. The van der Waals surface area contributed by atoms with E-state index < -0.39 is 6.04 Å². The van der Waals surface area contributed by atoms with Crippen LogP contribution < -0.4 is 9.91 Å². The molecule has 4 rings (SSSR count). The van der Waals surface area contributed by atoms with Crippen LogP contribution in [-0.2, 0) is 9.59 Å². The average molecular weight is 367 g/mol. The Balaban J connectivity index is 1.75. The number of amides is 2. The lowest BCUT2D eigenvalue weighted by atomic mass is 10.0. The summed E-state index contributed by atoms with van der Waals surface area (Å²) in [5.41, 5.74) is 2.49. The van der Waals surface area contributed by atoms with Crippen molar-refractivity contribution < 1.29 is 9.59 Å². The zero-order chi connectivity index (χ0) is 19.1.